The summed E-state index contributed by atoms with van der Waals surface area (Å²) < 4.78 is 81.5. The van der Waals surface area contributed by atoms with Crippen molar-refractivity contribution >= 4 is 29.2 Å². The normalized spacial score (nSPS) is 18.8. The van der Waals surface area contributed by atoms with E-state index >= 15 is 0 Å². The van der Waals surface area contributed by atoms with Gasteiger partial charge < -0.3 is 14.5 Å². The van der Waals surface area contributed by atoms with Crippen LogP contribution in [0.2, 0.25) is 5.15 Å². The van der Waals surface area contributed by atoms with Crippen LogP contribution in [0.15, 0.2) is 18.5 Å². The summed E-state index contributed by atoms with van der Waals surface area (Å²) in [7, 11) is 0. The molecule has 4 heterocycles. The van der Waals surface area contributed by atoms with E-state index in [0.717, 1.165) is 4.90 Å². The molecule has 8 nitrogen and oxygen atoms in total. The average Bonchev–Trinajstić information content (AvgIpc) is 3.34. The van der Waals surface area contributed by atoms with Gasteiger partial charge in [0.2, 0.25) is 0 Å². The zero-order valence-electron chi connectivity index (χ0n) is 17.4. The van der Waals surface area contributed by atoms with E-state index in [2.05, 4.69) is 14.8 Å². The molecule has 2 aromatic heterocycles. The minimum absolute atomic E-state index is 0.163. The van der Waals surface area contributed by atoms with E-state index in [0.29, 0.717) is 19.4 Å². The molecule has 0 aliphatic carbocycles. The van der Waals surface area contributed by atoms with Crippen molar-refractivity contribution in [3.63, 3.8) is 0 Å². The van der Waals surface area contributed by atoms with Crippen molar-refractivity contribution in [3.8, 4) is 0 Å². The monoisotopic (exact) mass is 513 g/mol. The maximum atomic E-state index is 13.3. The van der Waals surface area contributed by atoms with Crippen molar-refractivity contribution < 1.29 is 40.7 Å². The van der Waals surface area contributed by atoms with E-state index in [1.165, 1.54) is 16.8 Å². The summed E-state index contributed by atoms with van der Waals surface area (Å²) in [5.41, 5.74) is -0.233. The summed E-state index contributed by atoms with van der Waals surface area (Å²) in [5, 5.41) is 4.25. The Kier molecular flexibility index (Phi) is 6.07. The first-order valence-corrected chi connectivity index (χ1v) is 10.6. The lowest BCUT2D eigenvalue weighted by Gasteiger charge is -2.44. The summed E-state index contributed by atoms with van der Waals surface area (Å²) in [6.07, 6.45) is -13.0. The Morgan fingerprint density at radius 1 is 1.06 bits per heavy atom. The molecule has 0 radical (unpaired) electrons. The van der Waals surface area contributed by atoms with Crippen LogP contribution in [0.1, 0.15) is 36.0 Å². The van der Waals surface area contributed by atoms with Gasteiger partial charge in [0.15, 0.2) is 5.65 Å². The van der Waals surface area contributed by atoms with Gasteiger partial charge in [-0.3, -0.25) is 4.79 Å². The maximum Gasteiger partial charge on any atom is 0.434 e. The summed E-state index contributed by atoms with van der Waals surface area (Å²) in [4.78, 5) is 31.9. The predicted molar refractivity (Wildman–Crippen MR) is 104 cm³/mol. The Bertz CT molecular complexity index is 1080. The first-order valence-electron chi connectivity index (χ1n) is 10.2. The predicted octanol–water partition coefficient (Wildman–Crippen LogP) is 4.08. The standard InChI is InChI=1S/C19H18ClF6N5O3/c20-12-2-7-31-13(28-12)11(10-27-31)14(32)30-6-1-3-17(30)4-8-29(9-5-17)16(33)34-15(18(21,22)23)19(24,25)26/h2,7,10,15H,1,3-6,8-9H2. The third kappa shape index (κ3) is 4.46. The molecule has 4 rings (SSSR count). The number of hydrogen-bond donors (Lipinski definition) is 0. The maximum absolute atomic E-state index is 13.3. The van der Waals surface area contributed by atoms with Gasteiger partial charge >= 0.3 is 18.4 Å². The molecule has 2 fully saturated rings. The molecule has 0 unspecified atom stereocenters. The largest absolute Gasteiger partial charge is 0.434 e. The number of aromatic nitrogens is 3. The van der Waals surface area contributed by atoms with Gasteiger partial charge in [-0.05, 0) is 31.7 Å². The highest BCUT2D eigenvalue weighted by Gasteiger charge is 2.60. The van der Waals surface area contributed by atoms with Crippen molar-refractivity contribution in [2.45, 2.75) is 49.7 Å². The number of piperidine rings is 1. The number of carbonyl (C=O) groups excluding carboxylic acids is 2. The Morgan fingerprint density at radius 2 is 1.71 bits per heavy atom. The average molecular weight is 514 g/mol. The minimum Gasteiger partial charge on any atom is -0.426 e. The Balaban J connectivity index is 1.47. The first kappa shape index (κ1) is 24.4. The zero-order valence-corrected chi connectivity index (χ0v) is 18.1. The second kappa shape index (κ2) is 8.47. The Hall–Kier alpha value is -2.77. The van der Waals surface area contributed by atoms with Gasteiger partial charge in [0.1, 0.15) is 10.7 Å². The fourth-order valence-corrected chi connectivity index (χ4v) is 4.65. The molecule has 2 amide bonds. The van der Waals surface area contributed by atoms with Crippen molar-refractivity contribution in [1.29, 1.82) is 0 Å². The molecule has 2 saturated heterocycles. The molecule has 186 valence electrons. The zero-order chi connectivity index (χ0) is 24.9. The topological polar surface area (TPSA) is 80.0 Å². The number of likely N-dealkylation sites (tertiary alicyclic amines) is 2. The first-order chi connectivity index (χ1) is 15.8. The number of alkyl halides is 6. The summed E-state index contributed by atoms with van der Waals surface area (Å²) in [5.74, 6) is -0.368. The van der Waals surface area contributed by atoms with Gasteiger partial charge in [-0.25, -0.2) is 14.3 Å². The second-order valence-electron chi connectivity index (χ2n) is 8.20. The number of rotatable bonds is 2. The SMILES string of the molecule is O=C(OC(C(F)(F)F)C(F)(F)F)N1CCC2(CCCN2C(=O)c2cnn3ccc(Cl)nc23)CC1. The molecule has 0 bridgehead atoms. The molecule has 2 aromatic rings. The summed E-state index contributed by atoms with van der Waals surface area (Å²) in [6.45, 7) is 0.0686. The van der Waals surface area contributed by atoms with Gasteiger partial charge in [-0.2, -0.15) is 31.4 Å². The molecule has 0 N–H and O–H groups in total. The van der Waals surface area contributed by atoms with E-state index in [4.69, 9.17) is 11.6 Å². The van der Waals surface area contributed by atoms with Crippen molar-refractivity contribution in [3.05, 3.63) is 29.2 Å². The highest BCUT2D eigenvalue weighted by Crippen LogP contribution is 2.41. The second-order valence-corrected chi connectivity index (χ2v) is 8.58. The van der Waals surface area contributed by atoms with E-state index < -0.39 is 30.1 Å². The van der Waals surface area contributed by atoms with Crippen LogP contribution in [0.4, 0.5) is 31.1 Å². The van der Waals surface area contributed by atoms with E-state index in [9.17, 15) is 35.9 Å². The van der Waals surface area contributed by atoms with Crippen molar-refractivity contribution in [2.75, 3.05) is 19.6 Å². The number of fused-ring (bicyclic) bond motifs is 1. The number of amides is 2. The highest BCUT2D eigenvalue weighted by molar-refractivity contribution is 6.29. The lowest BCUT2D eigenvalue weighted by atomic mass is 9.84. The van der Waals surface area contributed by atoms with E-state index in [-0.39, 0.29) is 48.2 Å². The van der Waals surface area contributed by atoms with Gasteiger partial charge in [0.25, 0.3) is 12.0 Å². The molecule has 0 saturated carbocycles. The van der Waals surface area contributed by atoms with Crippen LogP contribution in [0.3, 0.4) is 0 Å². The minimum atomic E-state index is -5.79. The lowest BCUT2D eigenvalue weighted by molar-refractivity contribution is -0.308. The van der Waals surface area contributed by atoms with E-state index in [1.54, 1.807) is 11.1 Å². The number of carbonyl (C=O) groups is 2. The van der Waals surface area contributed by atoms with Gasteiger partial charge in [0, 0.05) is 31.4 Å². The van der Waals surface area contributed by atoms with E-state index in [1.807, 2.05) is 0 Å². The fraction of sp³-hybridized carbons (Fsp3) is 0.579. The number of nitrogens with zero attached hydrogens (tertiary/aromatic N) is 5. The van der Waals surface area contributed by atoms with Crippen LogP contribution >= 0.6 is 11.6 Å². The number of halogens is 7. The van der Waals surface area contributed by atoms with Crippen LogP contribution in [0.5, 0.6) is 0 Å². The molecular weight excluding hydrogens is 496 g/mol. The van der Waals surface area contributed by atoms with Crippen LogP contribution in [0, 0.1) is 0 Å². The van der Waals surface area contributed by atoms with Gasteiger partial charge in [-0.1, -0.05) is 11.6 Å². The smallest absolute Gasteiger partial charge is 0.426 e. The Morgan fingerprint density at radius 3 is 2.32 bits per heavy atom. The van der Waals surface area contributed by atoms with Crippen LogP contribution in [-0.2, 0) is 4.74 Å². The molecule has 0 atom stereocenters. The number of ether oxygens (including phenoxy) is 1. The number of hydrogen-bond acceptors (Lipinski definition) is 5. The van der Waals surface area contributed by atoms with Crippen LogP contribution in [0.25, 0.3) is 5.65 Å². The van der Waals surface area contributed by atoms with Crippen LogP contribution < -0.4 is 0 Å². The Labute approximate surface area is 193 Å². The van der Waals surface area contributed by atoms with Crippen molar-refractivity contribution in [2.24, 2.45) is 0 Å². The van der Waals surface area contributed by atoms with Crippen molar-refractivity contribution in [1.82, 2.24) is 24.4 Å². The van der Waals surface area contributed by atoms with Gasteiger partial charge in [0.05, 0.1) is 6.20 Å². The quantitative estimate of drug-likeness (QED) is 0.446. The fourth-order valence-electron chi connectivity index (χ4n) is 4.52. The molecule has 34 heavy (non-hydrogen) atoms. The molecule has 2 aliphatic rings. The third-order valence-electron chi connectivity index (χ3n) is 6.17. The molecule has 15 heteroatoms. The molecule has 1 spiro atoms. The van der Waals surface area contributed by atoms with Gasteiger partial charge in [-0.15, -0.1) is 0 Å². The molecule has 2 aliphatic heterocycles. The molecule has 0 aromatic carbocycles. The molecular formula is C19H18ClF6N5O3. The summed E-state index contributed by atoms with van der Waals surface area (Å²) >= 11 is 5.92. The lowest BCUT2D eigenvalue weighted by Crippen LogP contribution is -2.56. The third-order valence-corrected chi connectivity index (χ3v) is 6.38. The summed E-state index contributed by atoms with van der Waals surface area (Å²) in [6, 6.07) is 1.50. The highest BCUT2D eigenvalue weighted by atomic mass is 35.5. The van der Waals surface area contributed by atoms with Crippen LogP contribution in [-0.4, -0.2) is 80.0 Å².